The molecule has 2 aromatic rings. The molecule has 0 aliphatic carbocycles. The SMILES string of the molecule is Nc1ncnc2c1nc1n2[C@@H]2O[C@H](CO)[C@@H](O)[C@]2(O)CC1. The van der Waals surface area contributed by atoms with Gasteiger partial charge in [0.25, 0.3) is 0 Å². The van der Waals surface area contributed by atoms with Crippen LogP contribution in [0, 0.1) is 0 Å². The van der Waals surface area contributed by atoms with Crippen molar-refractivity contribution in [2.24, 2.45) is 0 Å². The van der Waals surface area contributed by atoms with Crippen molar-refractivity contribution in [1.29, 1.82) is 0 Å². The van der Waals surface area contributed by atoms with E-state index in [1.807, 2.05) is 0 Å². The normalized spacial score (nSPS) is 34.9. The molecule has 2 aromatic heterocycles. The summed E-state index contributed by atoms with van der Waals surface area (Å²) in [6, 6.07) is 0. The number of fused-ring (bicyclic) bond motifs is 5. The van der Waals surface area contributed by atoms with E-state index in [0.717, 1.165) is 0 Å². The van der Waals surface area contributed by atoms with Gasteiger partial charge in [-0.2, -0.15) is 0 Å². The van der Waals surface area contributed by atoms with Gasteiger partial charge in [0.15, 0.2) is 23.2 Å². The van der Waals surface area contributed by atoms with Gasteiger partial charge in [-0.1, -0.05) is 0 Å². The number of ether oxygens (including phenoxy) is 1. The van der Waals surface area contributed by atoms with Crippen molar-refractivity contribution in [3.8, 4) is 0 Å². The van der Waals surface area contributed by atoms with Crippen LogP contribution in [0.3, 0.4) is 0 Å². The van der Waals surface area contributed by atoms with Crippen LogP contribution in [0.15, 0.2) is 6.33 Å². The summed E-state index contributed by atoms with van der Waals surface area (Å²) in [6.07, 6.45) is -0.824. The molecule has 0 saturated carbocycles. The highest BCUT2D eigenvalue weighted by molar-refractivity contribution is 5.82. The molecule has 9 nitrogen and oxygen atoms in total. The summed E-state index contributed by atoms with van der Waals surface area (Å²) in [5.41, 5.74) is 5.22. The highest BCUT2D eigenvalue weighted by Gasteiger charge is 2.58. The van der Waals surface area contributed by atoms with Gasteiger partial charge in [0.05, 0.1) is 6.61 Å². The van der Waals surface area contributed by atoms with E-state index in [-0.39, 0.29) is 18.8 Å². The van der Waals surface area contributed by atoms with Crippen LogP contribution in [0.2, 0.25) is 0 Å². The second-order valence-corrected chi connectivity index (χ2v) is 5.47. The van der Waals surface area contributed by atoms with Crippen molar-refractivity contribution in [2.75, 3.05) is 12.3 Å². The summed E-state index contributed by atoms with van der Waals surface area (Å²) >= 11 is 0. The molecule has 4 rings (SSSR count). The number of rotatable bonds is 1. The quantitative estimate of drug-likeness (QED) is 0.489. The molecule has 0 radical (unpaired) electrons. The fraction of sp³-hybridized carbons (Fsp3) is 0.583. The lowest BCUT2D eigenvalue weighted by Crippen LogP contribution is -2.49. The molecule has 9 heteroatoms. The van der Waals surface area contributed by atoms with Crippen molar-refractivity contribution >= 4 is 17.0 Å². The van der Waals surface area contributed by atoms with Crippen LogP contribution in [-0.2, 0) is 11.2 Å². The molecule has 1 fully saturated rings. The molecule has 0 amide bonds. The molecule has 0 unspecified atom stereocenters. The van der Waals surface area contributed by atoms with Gasteiger partial charge in [-0.25, -0.2) is 15.0 Å². The van der Waals surface area contributed by atoms with Gasteiger partial charge in [-0.3, -0.25) is 4.57 Å². The summed E-state index contributed by atoms with van der Waals surface area (Å²) in [7, 11) is 0. The van der Waals surface area contributed by atoms with Crippen LogP contribution >= 0.6 is 0 Å². The van der Waals surface area contributed by atoms with Crippen LogP contribution in [0.5, 0.6) is 0 Å². The number of anilines is 1. The van der Waals surface area contributed by atoms with Crippen molar-refractivity contribution in [3.05, 3.63) is 12.2 Å². The predicted octanol–water partition coefficient (Wildman–Crippen LogP) is -1.66. The summed E-state index contributed by atoms with van der Waals surface area (Å²) < 4.78 is 7.27. The Hall–Kier alpha value is -1.81. The van der Waals surface area contributed by atoms with Crippen molar-refractivity contribution in [3.63, 3.8) is 0 Å². The lowest BCUT2D eigenvalue weighted by atomic mass is 9.87. The summed E-state index contributed by atoms with van der Waals surface area (Å²) in [5, 5.41) is 30.3. The predicted molar refractivity (Wildman–Crippen MR) is 70.0 cm³/mol. The highest BCUT2D eigenvalue weighted by Crippen LogP contribution is 2.46. The molecule has 112 valence electrons. The first-order valence-corrected chi connectivity index (χ1v) is 6.70. The van der Waals surface area contributed by atoms with E-state index in [1.54, 1.807) is 4.57 Å². The first-order chi connectivity index (χ1) is 10.1. The summed E-state index contributed by atoms with van der Waals surface area (Å²) in [6.45, 7) is -0.376. The number of hydrogen-bond donors (Lipinski definition) is 4. The monoisotopic (exact) mass is 293 g/mol. The average molecular weight is 293 g/mol. The van der Waals surface area contributed by atoms with E-state index < -0.39 is 24.0 Å². The minimum absolute atomic E-state index is 0.252. The Morgan fingerprint density at radius 3 is 3.05 bits per heavy atom. The van der Waals surface area contributed by atoms with E-state index in [0.29, 0.717) is 23.4 Å². The third-order valence-corrected chi connectivity index (χ3v) is 4.34. The van der Waals surface area contributed by atoms with Gasteiger partial charge in [-0.05, 0) is 6.42 Å². The maximum absolute atomic E-state index is 10.8. The summed E-state index contributed by atoms with van der Waals surface area (Å²) in [5.74, 6) is 0.917. The number of nitrogen functional groups attached to an aromatic ring is 1. The number of hydrogen-bond acceptors (Lipinski definition) is 8. The number of imidazole rings is 1. The van der Waals surface area contributed by atoms with Crippen molar-refractivity contribution in [1.82, 2.24) is 19.5 Å². The minimum atomic E-state index is -1.48. The molecule has 0 bridgehead atoms. The van der Waals surface area contributed by atoms with Crippen LogP contribution in [0.25, 0.3) is 11.2 Å². The Balaban J connectivity index is 1.93. The Labute approximate surface area is 119 Å². The van der Waals surface area contributed by atoms with Crippen LogP contribution in [0.4, 0.5) is 5.82 Å². The lowest BCUT2D eigenvalue weighted by Gasteiger charge is -2.35. The van der Waals surface area contributed by atoms with Gasteiger partial charge < -0.3 is 25.8 Å². The van der Waals surface area contributed by atoms with Crippen LogP contribution < -0.4 is 5.73 Å². The number of nitrogens with zero attached hydrogens (tertiary/aromatic N) is 4. The maximum Gasteiger partial charge on any atom is 0.168 e. The Morgan fingerprint density at radius 2 is 2.29 bits per heavy atom. The number of nitrogens with two attached hydrogens (primary N) is 1. The fourth-order valence-electron chi connectivity index (χ4n) is 3.23. The minimum Gasteiger partial charge on any atom is -0.394 e. The fourth-order valence-corrected chi connectivity index (χ4v) is 3.23. The zero-order valence-electron chi connectivity index (χ0n) is 11.0. The molecular formula is C12H15N5O4. The second kappa shape index (κ2) is 4.10. The number of aromatic nitrogens is 4. The second-order valence-electron chi connectivity index (χ2n) is 5.47. The third-order valence-electron chi connectivity index (χ3n) is 4.34. The average Bonchev–Trinajstić information content (AvgIpc) is 2.97. The van der Waals surface area contributed by atoms with E-state index in [1.165, 1.54) is 6.33 Å². The largest absolute Gasteiger partial charge is 0.394 e. The molecule has 2 aliphatic rings. The van der Waals surface area contributed by atoms with Crippen molar-refractivity contribution in [2.45, 2.75) is 36.9 Å². The number of aryl methyl sites for hydroxylation is 1. The lowest BCUT2D eigenvalue weighted by molar-refractivity contribution is -0.122. The van der Waals surface area contributed by atoms with Gasteiger partial charge in [-0.15, -0.1) is 0 Å². The zero-order valence-corrected chi connectivity index (χ0v) is 11.0. The number of aliphatic hydroxyl groups excluding tert-OH is 2. The van der Waals surface area contributed by atoms with Crippen LogP contribution in [0.1, 0.15) is 18.5 Å². The van der Waals surface area contributed by atoms with Gasteiger partial charge in [0.2, 0.25) is 0 Å². The van der Waals surface area contributed by atoms with E-state index in [9.17, 15) is 15.3 Å². The zero-order chi connectivity index (χ0) is 14.8. The Kier molecular flexibility index (Phi) is 2.52. The maximum atomic E-state index is 10.8. The van der Waals surface area contributed by atoms with Gasteiger partial charge in [0.1, 0.15) is 30.0 Å². The van der Waals surface area contributed by atoms with E-state index in [2.05, 4.69) is 15.0 Å². The molecular weight excluding hydrogens is 278 g/mol. The van der Waals surface area contributed by atoms with Gasteiger partial charge >= 0.3 is 0 Å². The van der Waals surface area contributed by atoms with Crippen molar-refractivity contribution < 1.29 is 20.1 Å². The Morgan fingerprint density at radius 1 is 1.48 bits per heavy atom. The highest BCUT2D eigenvalue weighted by atomic mass is 16.6. The molecule has 5 N–H and O–H groups in total. The molecule has 1 saturated heterocycles. The molecule has 4 atom stereocenters. The smallest absolute Gasteiger partial charge is 0.168 e. The van der Waals surface area contributed by atoms with Gasteiger partial charge in [0, 0.05) is 6.42 Å². The van der Waals surface area contributed by atoms with E-state index >= 15 is 0 Å². The topological polar surface area (TPSA) is 140 Å². The molecule has 2 aliphatic heterocycles. The summed E-state index contributed by atoms with van der Waals surface area (Å²) in [4.78, 5) is 12.5. The molecule has 0 spiro atoms. The standard InChI is InChI=1S/C12H15N5O4/c13-9-7-10(15-4-14-9)17-6(16-7)1-2-12(20)8(19)5(3-18)21-11(12)17/h4-5,8,11,18-20H,1-3H2,(H2,13,14,15)/t5-,8-,11-,12-/m1/s1. The molecule has 21 heavy (non-hydrogen) atoms. The van der Waals surface area contributed by atoms with Crippen LogP contribution in [-0.4, -0.2) is 59.3 Å². The molecule has 4 heterocycles. The first kappa shape index (κ1) is 12.9. The van der Waals surface area contributed by atoms with E-state index in [4.69, 9.17) is 10.5 Å². The third kappa shape index (κ3) is 1.51. The number of aliphatic hydroxyl groups is 3. The first-order valence-electron chi connectivity index (χ1n) is 6.70. The molecule has 0 aromatic carbocycles. The Bertz CT molecular complexity index is 719.